The molecule has 0 aliphatic carbocycles. The highest BCUT2D eigenvalue weighted by molar-refractivity contribution is 7.15. The average Bonchev–Trinajstić information content (AvgIpc) is 2.69. The second kappa shape index (κ2) is 5.05. The van der Waals surface area contributed by atoms with Crippen molar-refractivity contribution in [3.8, 4) is 10.6 Å². The molecule has 0 atom stereocenters. The summed E-state index contributed by atoms with van der Waals surface area (Å²) in [5.74, 6) is -0.775. The first-order valence-electron chi connectivity index (χ1n) is 5.25. The Morgan fingerprint density at radius 2 is 2.12 bits per heavy atom. The number of aliphatic carboxylic acids is 1. The fourth-order valence-electron chi connectivity index (χ4n) is 1.50. The third-order valence-electron chi connectivity index (χ3n) is 2.39. The quantitative estimate of drug-likeness (QED) is 0.903. The van der Waals surface area contributed by atoms with E-state index in [-0.39, 0.29) is 6.42 Å². The molecule has 5 heteroatoms. The summed E-state index contributed by atoms with van der Waals surface area (Å²) in [7, 11) is 0. The molecule has 2 heterocycles. The SMILES string of the molecule is Cc1nc(-c2ccncc2)sc1CCC(=O)O. The molecular weight excluding hydrogens is 236 g/mol. The lowest BCUT2D eigenvalue weighted by Crippen LogP contribution is -1.96. The molecule has 17 heavy (non-hydrogen) atoms. The minimum atomic E-state index is -0.775. The number of nitrogens with zero attached hydrogens (tertiary/aromatic N) is 2. The fourth-order valence-corrected chi connectivity index (χ4v) is 2.57. The summed E-state index contributed by atoms with van der Waals surface area (Å²) in [6, 6.07) is 3.80. The normalized spacial score (nSPS) is 10.4. The molecule has 0 spiro atoms. The van der Waals surface area contributed by atoms with E-state index in [9.17, 15) is 4.79 Å². The summed E-state index contributed by atoms with van der Waals surface area (Å²) in [4.78, 5) is 20.0. The third kappa shape index (κ3) is 2.88. The van der Waals surface area contributed by atoms with Gasteiger partial charge in [0.25, 0.3) is 0 Å². The van der Waals surface area contributed by atoms with Crippen molar-refractivity contribution in [1.29, 1.82) is 0 Å². The number of thiazole rings is 1. The van der Waals surface area contributed by atoms with Gasteiger partial charge in [0.15, 0.2) is 0 Å². The van der Waals surface area contributed by atoms with Gasteiger partial charge in [0, 0.05) is 22.8 Å². The molecule has 88 valence electrons. The lowest BCUT2D eigenvalue weighted by molar-refractivity contribution is -0.136. The van der Waals surface area contributed by atoms with E-state index in [0.717, 1.165) is 21.1 Å². The van der Waals surface area contributed by atoms with Gasteiger partial charge in [-0.1, -0.05) is 0 Å². The van der Waals surface area contributed by atoms with E-state index in [1.54, 1.807) is 23.7 Å². The van der Waals surface area contributed by atoms with E-state index < -0.39 is 5.97 Å². The summed E-state index contributed by atoms with van der Waals surface area (Å²) in [5.41, 5.74) is 1.94. The smallest absolute Gasteiger partial charge is 0.303 e. The van der Waals surface area contributed by atoms with E-state index in [1.807, 2.05) is 19.1 Å². The number of carbonyl (C=O) groups is 1. The number of aryl methyl sites for hydroxylation is 2. The number of carboxylic acids is 1. The minimum Gasteiger partial charge on any atom is -0.481 e. The maximum Gasteiger partial charge on any atom is 0.303 e. The predicted molar refractivity (Wildman–Crippen MR) is 66.0 cm³/mol. The van der Waals surface area contributed by atoms with Crippen molar-refractivity contribution < 1.29 is 9.90 Å². The van der Waals surface area contributed by atoms with Crippen LogP contribution < -0.4 is 0 Å². The van der Waals surface area contributed by atoms with Crippen LogP contribution in [-0.2, 0) is 11.2 Å². The molecular formula is C12H12N2O2S. The minimum absolute atomic E-state index is 0.152. The fraction of sp³-hybridized carbons (Fsp3) is 0.250. The highest BCUT2D eigenvalue weighted by atomic mass is 32.1. The maximum absolute atomic E-state index is 10.5. The highest BCUT2D eigenvalue weighted by Gasteiger charge is 2.10. The predicted octanol–water partition coefficient (Wildman–Crippen LogP) is 2.53. The van der Waals surface area contributed by atoms with Gasteiger partial charge in [0.05, 0.1) is 12.1 Å². The molecule has 0 bridgehead atoms. The maximum atomic E-state index is 10.5. The lowest BCUT2D eigenvalue weighted by atomic mass is 10.2. The molecule has 2 aromatic rings. The molecule has 1 N–H and O–H groups in total. The van der Waals surface area contributed by atoms with Crippen LogP contribution in [0.1, 0.15) is 17.0 Å². The molecule has 2 aromatic heterocycles. The molecule has 0 saturated heterocycles. The Balaban J connectivity index is 2.22. The number of rotatable bonds is 4. The van der Waals surface area contributed by atoms with Gasteiger partial charge in [-0.25, -0.2) is 4.98 Å². The van der Waals surface area contributed by atoms with Crippen molar-refractivity contribution >= 4 is 17.3 Å². The first-order valence-corrected chi connectivity index (χ1v) is 6.07. The van der Waals surface area contributed by atoms with Gasteiger partial charge in [0.2, 0.25) is 0 Å². The number of carboxylic acid groups (broad SMARTS) is 1. The largest absolute Gasteiger partial charge is 0.481 e. The topological polar surface area (TPSA) is 63.1 Å². The summed E-state index contributed by atoms with van der Waals surface area (Å²) >= 11 is 1.55. The van der Waals surface area contributed by atoms with Crippen LogP contribution in [-0.4, -0.2) is 21.0 Å². The lowest BCUT2D eigenvalue weighted by Gasteiger charge is -1.93. The molecule has 0 fully saturated rings. The molecule has 2 rings (SSSR count). The second-order valence-electron chi connectivity index (χ2n) is 3.66. The monoisotopic (exact) mass is 248 g/mol. The summed E-state index contributed by atoms with van der Waals surface area (Å²) in [6.07, 6.45) is 4.15. The van der Waals surface area contributed by atoms with E-state index in [2.05, 4.69) is 9.97 Å². The number of aromatic nitrogens is 2. The van der Waals surface area contributed by atoms with Crippen LogP contribution in [0.15, 0.2) is 24.5 Å². The second-order valence-corrected chi connectivity index (χ2v) is 4.74. The molecule has 0 amide bonds. The van der Waals surface area contributed by atoms with Gasteiger partial charge in [-0.3, -0.25) is 9.78 Å². The Kier molecular flexibility index (Phi) is 3.49. The van der Waals surface area contributed by atoms with Crippen molar-refractivity contribution in [2.45, 2.75) is 19.8 Å². The van der Waals surface area contributed by atoms with Crippen LogP contribution in [0.4, 0.5) is 0 Å². The zero-order valence-corrected chi connectivity index (χ0v) is 10.2. The Morgan fingerprint density at radius 1 is 1.41 bits per heavy atom. The first-order chi connectivity index (χ1) is 8.16. The molecule has 0 radical (unpaired) electrons. The van der Waals surface area contributed by atoms with Crippen LogP contribution in [0.25, 0.3) is 10.6 Å². The van der Waals surface area contributed by atoms with Gasteiger partial charge in [-0.15, -0.1) is 11.3 Å². The van der Waals surface area contributed by atoms with E-state index >= 15 is 0 Å². The van der Waals surface area contributed by atoms with E-state index in [1.165, 1.54) is 0 Å². The van der Waals surface area contributed by atoms with Crippen molar-refractivity contribution in [1.82, 2.24) is 9.97 Å². The van der Waals surface area contributed by atoms with Gasteiger partial charge in [0.1, 0.15) is 5.01 Å². The zero-order chi connectivity index (χ0) is 12.3. The average molecular weight is 248 g/mol. The Morgan fingerprint density at radius 3 is 2.76 bits per heavy atom. The van der Waals surface area contributed by atoms with Gasteiger partial charge >= 0.3 is 5.97 Å². The highest BCUT2D eigenvalue weighted by Crippen LogP contribution is 2.28. The van der Waals surface area contributed by atoms with Crippen LogP contribution in [0.2, 0.25) is 0 Å². The van der Waals surface area contributed by atoms with Crippen molar-refractivity contribution in [2.24, 2.45) is 0 Å². The van der Waals surface area contributed by atoms with Crippen LogP contribution in [0.3, 0.4) is 0 Å². The Bertz CT molecular complexity index is 523. The standard InChI is InChI=1S/C12H12N2O2S/c1-8-10(2-3-11(15)16)17-12(14-8)9-4-6-13-7-5-9/h4-7H,2-3H2,1H3,(H,15,16). The molecule has 4 nitrogen and oxygen atoms in total. The zero-order valence-electron chi connectivity index (χ0n) is 9.38. The van der Waals surface area contributed by atoms with Gasteiger partial charge < -0.3 is 5.11 Å². The molecule has 0 aliphatic heterocycles. The Hall–Kier alpha value is -1.75. The van der Waals surface area contributed by atoms with Crippen molar-refractivity contribution in [2.75, 3.05) is 0 Å². The summed E-state index contributed by atoms with van der Waals surface area (Å²) in [6.45, 7) is 1.92. The number of pyridine rings is 1. The molecule has 0 unspecified atom stereocenters. The molecule has 0 saturated carbocycles. The van der Waals surface area contributed by atoms with E-state index in [0.29, 0.717) is 6.42 Å². The Labute approximate surface area is 103 Å². The summed E-state index contributed by atoms with van der Waals surface area (Å²) in [5, 5.41) is 9.59. The summed E-state index contributed by atoms with van der Waals surface area (Å²) < 4.78 is 0. The third-order valence-corrected chi connectivity index (χ3v) is 3.65. The van der Waals surface area contributed by atoms with Gasteiger partial charge in [-0.2, -0.15) is 0 Å². The molecule has 0 aliphatic rings. The van der Waals surface area contributed by atoms with E-state index in [4.69, 9.17) is 5.11 Å². The van der Waals surface area contributed by atoms with Crippen LogP contribution in [0.5, 0.6) is 0 Å². The number of hydrogen-bond acceptors (Lipinski definition) is 4. The number of hydrogen-bond donors (Lipinski definition) is 1. The van der Waals surface area contributed by atoms with Crippen LogP contribution in [0, 0.1) is 6.92 Å². The molecule has 0 aromatic carbocycles. The first kappa shape index (κ1) is 11.7. The van der Waals surface area contributed by atoms with Crippen molar-refractivity contribution in [3.05, 3.63) is 35.1 Å². The van der Waals surface area contributed by atoms with Crippen LogP contribution >= 0.6 is 11.3 Å². The van der Waals surface area contributed by atoms with Crippen molar-refractivity contribution in [3.63, 3.8) is 0 Å². The van der Waals surface area contributed by atoms with Gasteiger partial charge in [-0.05, 0) is 25.5 Å².